The summed E-state index contributed by atoms with van der Waals surface area (Å²) in [5.41, 5.74) is 0.192. The second-order valence-corrected chi connectivity index (χ2v) is 7.42. The highest BCUT2D eigenvalue weighted by molar-refractivity contribution is 5.85. The molecule has 1 amide bonds. The minimum absolute atomic E-state index is 0.0604. The molecule has 1 aromatic carbocycles. The lowest BCUT2D eigenvalue weighted by molar-refractivity contribution is -0.139. The molecule has 5 atom stereocenters. The van der Waals surface area contributed by atoms with Crippen LogP contribution in [0.15, 0.2) is 24.3 Å². The highest BCUT2D eigenvalue weighted by atomic mass is 19.1. The molecule has 1 aliphatic heterocycles. The van der Waals surface area contributed by atoms with Gasteiger partial charge < -0.3 is 10.0 Å². The van der Waals surface area contributed by atoms with E-state index in [4.69, 9.17) is 5.11 Å². The van der Waals surface area contributed by atoms with Crippen molar-refractivity contribution in [1.82, 2.24) is 4.90 Å². The fraction of sp³-hybridized carbons (Fsp3) is 0.556. The number of nitrogens with zero attached hydrogens (tertiary/aromatic N) is 1. The van der Waals surface area contributed by atoms with E-state index >= 15 is 0 Å². The molecule has 3 aliphatic rings. The molecule has 5 heteroatoms. The Labute approximate surface area is 134 Å². The topological polar surface area (TPSA) is 57.6 Å². The van der Waals surface area contributed by atoms with Crippen LogP contribution in [0.4, 0.5) is 4.39 Å². The summed E-state index contributed by atoms with van der Waals surface area (Å²) in [6, 6.07) is 6.66. The lowest BCUT2D eigenvalue weighted by Crippen LogP contribution is -2.39. The van der Waals surface area contributed by atoms with Crippen molar-refractivity contribution in [3.63, 3.8) is 0 Å². The highest BCUT2D eigenvalue weighted by Gasteiger charge is 2.61. The van der Waals surface area contributed by atoms with Crippen molar-refractivity contribution in [2.24, 2.45) is 23.7 Å². The van der Waals surface area contributed by atoms with Crippen LogP contribution in [0.3, 0.4) is 0 Å². The molecule has 4 rings (SSSR count). The van der Waals surface area contributed by atoms with Crippen molar-refractivity contribution in [3.8, 4) is 0 Å². The predicted molar refractivity (Wildman–Crippen MR) is 81.2 cm³/mol. The average molecular weight is 317 g/mol. The fourth-order valence-corrected chi connectivity index (χ4v) is 4.47. The van der Waals surface area contributed by atoms with Crippen molar-refractivity contribution in [1.29, 1.82) is 0 Å². The number of carboxylic acid groups (broad SMARTS) is 1. The molecule has 0 aromatic heterocycles. The molecule has 0 spiro atoms. The molecule has 1 heterocycles. The molecule has 23 heavy (non-hydrogen) atoms. The summed E-state index contributed by atoms with van der Waals surface area (Å²) >= 11 is 0. The Morgan fingerprint density at radius 2 is 2.04 bits per heavy atom. The summed E-state index contributed by atoms with van der Waals surface area (Å²) < 4.78 is 14.0. The van der Waals surface area contributed by atoms with E-state index in [0.29, 0.717) is 25.1 Å². The summed E-state index contributed by atoms with van der Waals surface area (Å²) in [7, 11) is 0. The second kappa shape index (κ2) is 4.79. The number of hydrogen-bond donors (Lipinski definition) is 1. The van der Waals surface area contributed by atoms with Gasteiger partial charge in [0, 0.05) is 24.4 Å². The van der Waals surface area contributed by atoms with E-state index in [-0.39, 0.29) is 35.4 Å². The van der Waals surface area contributed by atoms with Gasteiger partial charge in [-0.25, -0.2) is 4.39 Å². The average Bonchev–Trinajstić information content (AvgIpc) is 3.40. The maximum absolute atomic E-state index is 14.0. The van der Waals surface area contributed by atoms with Crippen LogP contribution in [0.1, 0.15) is 25.3 Å². The number of halogens is 1. The van der Waals surface area contributed by atoms with Crippen LogP contribution in [0.5, 0.6) is 0 Å². The van der Waals surface area contributed by atoms with Crippen molar-refractivity contribution >= 4 is 11.9 Å². The molecule has 1 N–H and O–H groups in total. The summed E-state index contributed by atoms with van der Waals surface area (Å²) in [5, 5.41) is 9.15. The van der Waals surface area contributed by atoms with Gasteiger partial charge in [0.1, 0.15) is 5.82 Å². The van der Waals surface area contributed by atoms with Gasteiger partial charge in [-0.1, -0.05) is 25.1 Å². The van der Waals surface area contributed by atoms with Gasteiger partial charge in [-0.05, 0) is 36.3 Å². The van der Waals surface area contributed by atoms with Crippen LogP contribution < -0.4 is 0 Å². The molecule has 0 radical (unpaired) electrons. The van der Waals surface area contributed by atoms with Crippen LogP contribution >= 0.6 is 0 Å². The van der Waals surface area contributed by atoms with E-state index in [0.717, 1.165) is 6.42 Å². The predicted octanol–water partition coefficient (Wildman–Crippen LogP) is 2.28. The molecule has 0 bridgehead atoms. The number of aliphatic carboxylic acids is 1. The Bertz CT molecular complexity index is 691. The lowest BCUT2D eigenvalue weighted by Gasteiger charge is -2.27. The van der Waals surface area contributed by atoms with Gasteiger partial charge in [0.2, 0.25) is 5.91 Å². The van der Waals surface area contributed by atoms with Gasteiger partial charge in [0.25, 0.3) is 0 Å². The van der Waals surface area contributed by atoms with E-state index in [1.165, 1.54) is 6.07 Å². The van der Waals surface area contributed by atoms with Gasteiger partial charge in [-0.15, -0.1) is 0 Å². The van der Waals surface area contributed by atoms with Gasteiger partial charge in [0.15, 0.2) is 0 Å². The first-order valence-corrected chi connectivity index (χ1v) is 8.20. The van der Waals surface area contributed by atoms with E-state index in [1.807, 2.05) is 6.92 Å². The molecule has 122 valence electrons. The zero-order valence-corrected chi connectivity index (χ0v) is 13.0. The SMILES string of the molecule is C[C@]1(c2ccccc2F)C[C@H]1C(=O)N1CC[C@H]2[C@@H](C1)[C@H]2C(=O)O. The fourth-order valence-electron chi connectivity index (χ4n) is 4.47. The van der Waals surface area contributed by atoms with Crippen LogP contribution in [-0.4, -0.2) is 35.0 Å². The third-order valence-corrected chi connectivity index (χ3v) is 6.12. The maximum Gasteiger partial charge on any atom is 0.307 e. The zero-order valence-electron chi connectivity index (χ0n) is 13.0. The number of amides is 1. The first kappa shape index (κ1) is 14.7. The third-order valence-electron chi connectivity index (χ3n) is 6.12. The largest absolute Gasteiger partial charge is 0.481 e. The summed E-state index contributed by atoms with van der Waals surface area (Å²) in [6.07, 6.45) is 1.44. The number of hydrogen-bond acceptors (Lipinski definition) is 2. The normalized spacial score (nSPS) is 37.9. The number of likely N-dealkylation sites (tertiary alicyclic amines) is 1. The monoisotopic (exact) mass is 317 g/mol. The van der Waals surface area contributed by atoms with Gasteiger partial charge in [-0.3, -0.25) is 9.59 Å². The smallest absolute Gasteiger partial charge is 0.307 e. The molecular weight excluding hydrogens is 297 g/mol. The molecule has 2 aliphatic carbocycles. The Hall–Kier alpha value is -1.91. The van der Waals surface area contributed by atoms with Crippen molar-refractivity contribution in [2.75, 3.05) is 13.1 Å². The molecule has 0 unspecified atom stereocenters. The van der Waals surface area contributed by atoms with Gasteiger partial charge >= 0.3 is 5.97 Å². The quantitative estimate of drug-likeness (QED) is 0.930. The van der Waals surface area contributed by atoms with Crippen LogP contribution in [-0.2, 0) is 15.0 Å². The van der Waals surface area contributed by atoms with Crippen LogP contribution in [0.25, 0.3) is 0 Å². The number of rotatable bonds is 3. The Morgan fingerprint density at radius 3 is 2.74 bits per heavy atom. The Balaban J connectivity index is 1.46. The first-order valence-electron chi connectivity index (χ1n) is 8.20. The van der Waals surface area contributed by atoms with Crippen LogP contribution in [0, 0.1) is 29.5 Å². The molecule has 4 nitrogen and oxygen atoms in total. The third kappa shape index (κ3) is 2.17. The van der Waals surface area contributed by atoms with Crippen LogP contribution in [0.2, 0.25) is 0 Å². The number of piperidine rings is 1. The molecule has 2 saturated carbocycles. The van der Waals surface area contributed by atoms with Crippen molar-refractivity contribution in [3.05, 3.63) is 35.6 Å². The standard InChI is InChI=1S/C18H20FNO3/c1-18(12-4-2-3-5-14(12)19)8-13(18)16(21)20-7-6-10-11(9-20)15(10)17(22)23/h2-5,10-11,13,15H,6-9H2,1H3,(H,22,23)/t10-,11+,13-,15-,18+/m0/s1. The van der Waals surface area contributed by atoms with Gasteiger partial charge in [0.05, 0.1) is 5.92 Å². The Kier molecular flexibility index (Phi) is 3.06. The van der Waals surface area contributed by atoms with E-state index < -0.39 is 11.4 Å². The number of fused-ring (bicyclic) bond motifs is 1. The minimum Gasteiger partial charge on any atom is -0.481 e. The molecule has 3 fully saturated rings. The van der Waals surface area contributed by atoms with E-state index in [1.54, 1.807) is 23.1 Å². The summed E-state index contributed by atoms with van der Waals surface area (Å²) in [4.78, 5) is 25.7. The first-order chi connectivity index (χ1) is 10.9. The number of carbonyl (C=O) groups is 2. The molecular formula is C18H20FNO3. The minimum atomic E-state index is -0.739. The van der Waals surface area contributed by atoms with E-state index in [9.17, 15) is 14.0 Å². The number of carbonyl (C=O) groups excluding carboxylic acids is 1. The van der Waals surface area contributed by atoms with Crippen molar-refractivity contribution in [2.45, 2.75) is 25.2 Å². The summed E-state index contributed by atoms with van der Waals surface area (Å²) in [6.45, 7) is 3.12. The van der Waals surface area contributed by atoms with Gasteiger partial charge in [-0.2, -0.15) is 0 Å². The Morgan fingerprint density at radius 1 is 1.30 bits per heavy atom. The molecule has 1 aromatic rings. The lowest BCUT2D eigenvalue weighted by atomic mass is 9.94. The zero-order chi connectivity index (χ0) is 16.4. The van der Waals surface area contributed by atoms with Crippen molar-refractivity contribution < 1.29 is 19.1 Å². The number of benzene rings is 1. The molecule has 1 saturated heterocycles. The highest BCUT2D eigenvalue weighted by Crippen LogP contribution is 2.57. The number of carboxylic acids is 1. The second-order valence-electron chi connectivity index (χ2n) is 7.42. The van der Waals surface area contributed by atoms with E-state index in [2.05, 4.69) is 0 Å². The maximum atomic E-state index is 14.0. The summed E-state index contributed by atoms with van der Waals surface area (Å²) in [5.74, 6) is -1.03.